The highest BCUT2D eigenvalue weighted by Gasteiger charge is 2.24. The molecule has 5 heteroatoms. The summed E-state index contributed by atoms with van der Waals surface area (Å²) in [7, 11) is 0. The van der Waals surface area contributed by atoms with Crippen molar-refractivity contribution in [3.63, 3.8) is 0 Å². The lowest BCUT2D eigenvalue weighted by Crippen LogP contribution is -2.41. The second kappa shape index (κ2) is 10.7. The van der Waals surface area contributed by atoms with Gasteiger partial charge in [0.15, 0.2) is 0 Å². The minimum atomic E-state index is -0.317. The van der Waals surface area contributed by atoms with Crippen LogP contribution in [0.25, 0.3) is 16.8 Å². The van der Waals surface area contributed by atoms with Gasteiger partial charge in [-0.1, -0.05) is 78.2 Å². The summed E-state index contributed by atoms with van der Waals surface area (Å²) in [5.41, 5.74) is 1.87. The maximum atomic E-state index is 13.0. The van der Waals surface area contributed by atoms with Crippen LogP contribution in [0.5, 0.6) is 5.75 Å². The number of amides is 1. The number of rotatable bonds is 6. The smallest absolute Gasteiger partial charge is 0.262 e. The first-order valence-electron chi connectivity index (χ1n) is 11.4. The van der Waals surface area contributed by atoms with Crippen molar-refractivity contribution < 1.29 is 9.53 Å². The van der Waals surface area contributed by atoms with Crippen LogP contribution in [0.4, 0.5) is 0 Å². The molecule has 1 saturated carbocycles. The average Bonchev–Trinajstić information content (AvgIpc) is 2.84. The number of nitrogens with one attached hydrogen (secondary N) is 1. The first-order valence-corrected chi connectivity index (χ1v) is 12.2. The highest BCUT2D eigenvalue weighted by atomic mass is 79.9. The van der Waals surface area contributed by atoms with E-state index in [-0.39, 0.29) is 17.5 Å². The Morgan fingerprint density at radius 3 is 2.64 bits per heavy atom. The summed E-state index contributed by atoms with van der Waals surface area (Å²) in [6.07, 6.45) is 6.04. The SMILES string of the molecule is C[C@H]1CCCC[C@H]1NC(=O)/C(C#N)=C/c1c(OCc2ccc(Br)cc2)ccc2ccccc12. The molecule has 2 atom stereocenters. The first-order chi connectivity index (χ1) is 16.0. The second-order valence-electron chi connectivity index (χ2n) is 8.63. The summed E-state index contributed by atoms with van der Waals surface area (Å²) in [5.74, 6) is 0.747. The van der Waals surface area contributed by atoms with Gasteiger partial charge in [-0.3, -0.25) is 4.79 Å². The van der Waals surface area contributed by atoms with Gasteiger partial charge in [-0.2, -0.15) is 5.26 Å². The lowest BCUT2D eigenvalue weighted by atomic mass is 9.86. The largest absolute Gasteiger partial charge is 0.488 e. The Balaban J connectivity index is 1.65. The molecule has 0 unspecified atom stereocenters. The van der Waals surface area contributed by atoms with Crippen molar-refractivity contribution in [1.82, 2.24) is 5.32 Å². The van der Waals surface area contributed by atoms with Crippen LogP contribution < -0.4 is 10.1 Å². The van der Waals surface area contributed by atoms with Crippen LogP contribution in [0.1, 0.15) is 43.7 Å². The molecule has 0 radical (unpaired) electrons. The molecule has 0 spiro atoms. The van der Waals surface area contributed by atoms with E-state index in [1.54, 1.807) is 6.08 Å². The zero-order chi connectivity index (χ0) is 23.2. The van der Waals surface area contributed by atoms with E-state index < -0.39 is 0 Å². The van der Waals surface area contributed by atoms with Crippen LogP contribution in [-0.4, -0.2) is 11.9 Å². The molecule has 168 valence electrons. The number of hydrogen-bond donors (Lipinski definition) is 1. The van der Waals surface area contributed by atoms with Gasteiger partial charge in [0.2, 0.25) is 0 Å². The van der Waals surface area contributed by atoms with Crippen molar-refractivity contribution in [1.29, 1.82) is 5.26 Å². The molecule has 0 aromatic heterocycles. The Morgan fingerprint density at radius 2 is 1.88 bits per heavy atom. The van der Waals surface area contributed by atoms with E-state index in [1.165, 1.54) is 6.42 Å². The van der Waals surface area contributed by atoms with Crippen LogP contribution in [0.2, 0.25) is 0 Å². The number of nitrogens with zero attached hydrogens (tertiary/aromatic N) is 1. The van der Waals surface area contributed by atoms with E-state index in [0.29, 0.717) is 18.3 Å². The monoisotopic (exact) mass is 502 g/mol. The normalized spacial score (nSPS) is 18.5. The quantitative estimate of drug-likeness (QED) is 0.298. The Kier molecular flexibility index (Phi) is 7.47. The fourth-order valence-corrected chi connectivity index (χ4v) is 4.63. The lowest BCUT2D eigenvalue weighted by Gasteiger charge is -2.29. The molecule has 4 nitrogen and oxygen atoms in total. The summed E-state index contributed by atoms with van der Waals surface area (Å²) in [6, 6.07) is 22.0. The van der Waals surface area contributed by atoms with Gasteiger partial charge in [0.05, 0.1) is 0 Å². The molecular weight excluding hydrogens is 476 g/mol. The van der Waals surface area contributed by atoms with E-state index >= 15 is 0 Å². The van der Waals surface area contributed by atoms with Gasteiger partial charge >= 0.3 is 0 Å². The molecule has 1 aliphatic rings. The molecule has 0 heterocycles. The molecule has 0 aliphatic heterocycles. The number of fused-ring (bicyclic) bond motifs is 1. The van der Waals surface area contributed by atoms with Crippen molar-refractivity contribution in [3.8, 4) is 11.8 Å². The molecule has 0 bridgehead atoms. The van der Waals surface area contributed by atoms with Gasteiger partial charge in [-0.05, 0) is 59.4 Å². The maximum absolute atomic E-state index is 13.0. The van der Waals surface area contributed by atoms with E-state index in [1.807, 2.05) is 60.7 Å². The number of halogens is 1. The van der Waals surface area contributed by atoms with Crippen LogP contribution in [0.15, 0.2) is 70.7 Å². The Morgan fingerprint density at radius 1 is 1.12 bits per heavy atom. The van der Waals surface area contributed by atoms with Crippen LogP contribution in [0.3, 0.4) is 0 Å². The number of benzene rings is 3. The summed E-state index contributed by atoms with van der Waals surface area (Å²) < 4.78 is 7.17. The van der Waals surface area contributed by atoms with Crippen molar-refractivity contribution >= 4 is 38.7 Å². The van der Waals surface area contributed by atoms with Gasteiger partial charge in [-0.15, -0.1) is 0 Å². The minimum absolute atomic E-state index is 0.0950. The topological polar surface area (TPSA) is 62.1 Å². The summed E-state index contributed by atoms with van der Waals surface area (Å²) in [6.45, 7) is 2.55. The number of hydrogen-bond acceptors (Lipinski definition) is 3. The Bertz CT molecular complexity index is 1210. The third-order valence-corrected chi connectivity index (χ3v) is 6.85. The standard InChI is InChI=1S/C28H27BrN2O2/c1-19-6-2-5-9-26(19)31-28(32)22(17-30)16-25-24-8-4-3-7-21(24)12-15-27(25)33-18-20-10-13-23(29)14-11-20/h3-4,7-8,10-16,19,26H,2,5-6,9,18H2,1H3,(H,31,32)/b22-16+/t19-,26+/m0/s1. The maximum Gasteiger partial charge on any atom is 0.262 e. The highest BCUT2D eigenvalue weighted by Crippen LogP contribution is 2.31. The van der Waals surface area contributed by atoms with Crippen LogP contribution >= 0.6 is 15.9 Å². The first kappa shape index (κ1) is 23.1. The molecule has 0 saturated heterocycles. The Labute approximate surface area is 203 Å². The minimum Gasteiger partial charge on any atom is -0.488 e. The zero-order valence-corrected chi connectivity index (χ0v) is 20.3. The number of nitriles is 1. The van der Waals surface area contributed by atoms with Gasteiger partial charge in [0.25, 0.3) is 5.91 Å². The third kappa shape index (κ3) is 5.64. The zero-order valence-electron chi connectivity index (χ0n) is 18.7. The fraction of sp³-hybridized carbons (Fsp3) is 0.286. The summed E-state index contributed by atoms with van der Waals surface area (Å²) >= 11 is 3.45. The predicted octanol–water partition coefficient (Wildman–Crippen LogP) is 6.78. The van der Waals surface area contributed by atoms with Gasteiger partial charge in [0.1, 0.15) is 24.0 Å². The second-order valence-corrected chi connectivity index (χ2v) is 9.54. The van der Waals surface area contributed by atoms with E-state index in [4.69, 9.17) is 4.74 Å². The molecule has 33 heavy (non-hydrogen) atoms. The van der Waals surface area contributed by atoms with Crippen molar-refractivity contribution in [2.75, 3.05) is 0 Å². The van der Waals surface area contributed by atoms with Gasteiger partial charge in [0, 0.05) is 16.1 Å². The molecule has 3 aromatic carbocycles. The van der Waals surface area contributed by atoms with E-state index in [2.05, 4.69) is 34.2 Å². The summed E-state index contributed by atoms with van der Waals surface area (Å²) in [5, 5.41) is 14.9. The third-order valence-electron chi connectivity index (χ3n) is 6.32. The number of carbonyl (C=O) groups excluding carboxylic acids is 1. The van der Waals surface area contributed by atoms with E-state index in [0.717, 1.165) is 45.6 Å². The van der Waals surface area contributed by atoms with Crippen molar-refractivity contribution in [3.05, 3.63) is 81.8 Å². The average molecular weight is 503 g/mol. The molecule has 1 aliphatic carbocycles. The van der Waals surface area contributed by atoms with Gasteiger partial charge < -0.3 is 10.1 Å². The number of carbonyl (C=O) groups is 1. The van der Waals surface area contributed by atoms with Crippen LogP contribution in [0, 0.1) is 17.2 Å². The lowest BCUT2D eigenvalue weighted by molar-refractivity contribution is -0.118. The number of ether oxygens (including phenoxy) is 1. The molecule has 1 N–H and O–H groups in total. The molecular formula is C28H27BrN2O2. The van der Waals surface area contributed by atoms with Crippen molar-refractivity contribution in [2.24, 2.45) is 5.92 Å². The van der Waals surface area contributed by atoms with Crippen molar-refractivity contribution in [2.45, 2.75) is 45.3 Å². The predicted molar refractivity (Wildman–Crippen MR) is 136 cm³/mol. The molecule has 4 rings (SSSR count). The van der Waals surface area contributed by atoms with Crippen LogP contribution in [-0.2, 0) is 11.4 Å². The molecule has 1 fully saturated rings. The summed E-state index contributed by atoms with van der Waals surface area (Å²) in [4.78, 5) is 13.0. The van der Waals surface area contributed by atoms with Gasteiger partial charge in [-0.25, -0.2) is 0 Å². The highest BCUT2D eigenvalue weighted by molar-refractivity contribution is 9.10. The molecule has 1 amide bonds. The Hall–Kier alpha value is -3.10. The fourth-order valence-electron chi connectivity index (χ4n) is 4.36. The molecule has 3 aromatic rings. The van der Waals surface area contributed by atoms with E-state index in [9.17, 15) is 10.1 Å².